The van der Waals surface area contributed by atoms with Crippen molar-refractivity contribution in [1.29, 1.82) is 0 Å². The van der Waals surface area contributed by atoms with Gasteiger partial charge in [0.25, 0.3) is 0 Å². The molecule has 0 aromatic heterocycles. The maximum absolute atomic E-state index is 11.1. The fourth-order valence-electron chi connectivity index (χ4n) is 1.16. The average Bonchev–Trinajstić information content (AvgIpc) is 2.17. The van der Waals surface area contributed by atoms with Gasteiger partial charge in [0.05, 0.1) is 0 Å². The van der Waals surface area contributed by atoms with E-state index < -0.39 is 6.61 Å². The normalized spacial score (nSPS) is 10.5. The zero-order valence-electron chi connectivity index (χ0n) is 7.95. The van der Waals surface area contributed by atoms with Crippen molar-refractivity contribution >= 4 is 5.78 Å². The van der Waals surface area contributed by atoms with Crippen molar-refractivity contribution in [2.24, 2.45) is 0 Å². The van der Waals surface area contributed by atoms with E-state index in [0.717, 1.165) is 5.56 Å². The standard InChI is InChI=1S/C11H14O2/c1-8(2)9-4-3-5-10(6-9)11(13)7-12/h3-6,8,12H,7H2,1-2H3. The Morgan fingerprint density at radius 2 is 2.15 bits per heavy atom. The summed E-state index contributed by atoms with van der Waals surface area (Å²) in [5, 5.41) is 8.67. The Morgan fingerprint density at radius 1 is 1.46 bits per heavy atom. The lowest BCUT2D eigenvalue weighted by Gasteiger charge is -2.06. The molecule has 0 saturated carbocycles. The summed E-state index contributed by atoms with van der Waals surface area (Å²) in [5.41, 5.74) is 1.72. The van der Waals surface area contributed by atoms with Crippen molar-refractivity contribution in [2.45, 2.75) is 19.8 Å². The van der Waals surface area contributed by atoms with Gasteiger partial charge in [-0.25, -0.2) is 0 Å². The quantitative estimate of drug-likeness (QED) is 0.718. The van der Waals surface area contributed by atoms with E-state index in [1.807, 2.05) is 18.2 Å². The molecule has 1 rings (SSSR count). The minimum atomic E-state index is -0.415. The van der Waals surface area contributed by atoms with Crippen molar-refractivity contribution in [3.8, 4) is 0 Å². The van der Waals surface area contributed by atoms with Crippen molar-refractivity contribution in [3.63, 3.8) is 0 Å². The van der Waals surface area contributed by atoms with Gasteiger partial charge in [0, 0.05) is 5.56 Å². The molecule has 0 bridgehead atoms. The molecule has 0 saturated heterocycles. The second kappa shape index (κ2) is 4.19. The maximum Gasteiger partial charge on any atom is 0.188 e. The van der Waals surface area contributed by atoms with Gasteiger partial charge in [-0.05, 0) is 17.5 Å². The third kappa shape index (κ3) is 2.39. The second-order valence-corrected chi connectivity index (χ2v) is 3.36. The Kier molecular flexibility index (Phi) is 3.20. The van der Waals surface area contributed by atoms with Crippen LogP contribution in [0.3, 0.4) is 0 Å². The van der Waals surface area contributed by atoms with E-state index in [1.165, 1.54) is 0 Å². The van der Waals surface area contributed by atoms with Gasteiger partial charge in [-0.1, -0.05) is 32.0 Å². The highest BCUT2D eigenvalue weighted by Gasteiger charge is 2.05. The first-order valence-corrected chi connectivity index (χ1v) is 4.39. The summed E-state index contributed by atoms with van der Waals surface area (Å²) in [4.78, 5) is 11.1. The van der Waals surface area contributed by atoms with Crippen LogP contribution in [0, 0.1) is 0 Å². The Labute approximate surface area is 78.2 Å². The van der Waals surface area contributed by atoms with E-state index in [9.17, 15) is 4.79 Å². The molecule has 0 aliphatic rings. The average molecular weight is 178 g/mol. The van der Waals surface area contributed by atoms with Crippen LogP contribution in [0.4, 0.5) is 0 Å². The Balaban J connectivity index is 2.98. The van der Waals surface area contributed by atoms with Crippen LogP contribution >= 0.6 is 0 Å². The van der Waals surface area contributed by atoms with Gasteiger partial charge in [-0.3, -0.25) is 4.79 Å². The molecule has 0 fully saturated rings. The topological polar surface area (TPSA) is 37.3 Å². The monoisotopic (exact) mass is 178 g/mol. The maximum atomic E-state index is 11.1. The van der Waals surface area contributed by atoms with Crippen molar-refractivity contribution < 1.29 is 9.90 Å². The number of rotatable bonds is 3. The number of carbonyl (C=O) groups is 1. The number of Topliss-reactive ketones (excluding diaryl/α,β-unsaturated/α-hetero) is 1. The predicted octanol–water partition coefficient (Wildman–Crippen LogP) is 1.98. The molecule has 0 aliphatic carbocycles. The minimum absolute atomic E-state index is 0.220. The molecule has 0 atom stereocenters. The summed E-state index contributed by atoms with van der Waals surface area (Å²) in [6.45, 7) is 3.73. The van der Waals surface area contributed by atoms with Crippen molar-refractivity contribution in [3.05, 3.63) is 35.4 Å². The smallest absolute Gasteiger partial charge is 0.188 e. The number of aliphatic hydroxyl groups excluding tert-OH is 1. The van der Waals surface area contributed by atoms with E-state index in [2.05, 4.69) is 13.8 Å². The molecule has 1 N–H and O–H groups in total. The van der Waals surface area contributed by atoms with Gasteiger partial charge < -0.3 is 5.11 Å². The summed E-state index contributed by atoms with van der Waals surface area (Å²) in [6.07, 6.45) is 0. The van der Waals surface area contributed by atoms with Crippen LogP contribution in [-0.4, -0.2) is 17.5 Å². The fourth-order valence-corrected chi connectivity index (χ4v) is 1.16. The molecule has 70 valence electrons. The van der Waals surface area contributed by atoms with E-state index in [-0.39, 0.29) is 5.78 Å². The van der Waals surface area contributed by atoms with E-state index in [1.54, 1.807) is 6.07 Å². The van der Waals surface area contributed by atoms with Crippen molar-refractivity contribution in [1.82, 2.24) is 0 Å². The SMILES string of the molecule is CC(C)c1cccc(C(=O)CO)c1. The molecule has 0 spiro atoms. The Hall–Kier alpha value is -1.15. The molecule has 1 aromatic rings. The molecule has 1 aromatic carbocycles. The van der Waals surface area contributed by atoms with Crippen LogP contribution in [0.15, 0.2) is 24.3 Å². The fraction of sp³-hybridized carbons (Fsp3) is 0.364. The number of aliphatic hydroxyl groups is 1. The number of ketones is 1. The summed E-state index contributed by atoms with van der Waals surface area (Å²) >= 11 is 0. The van der Waals surface area contributed by atoms with Crippen LogP contribution in [0.25, 0.3) is 0 Å². The molecule has 2 heteroatoms. The first-order chi connectivity index (χ1) is 6.15. The lowest BCUT2D eigenvalue weighted by Crippen LogP contribution is -2.04. The van der Waals surface area contributed by atoms with E-state index >= 15 is 0 Å². The van der Waals surface area contributed by atoms with Crippen LogP contribution in [0.2, 0.25) is 0 Å². The summed E-state index contributed by atoms with van der Waals surface area (Å²) in [7, 11) is 0. The van der Waals surface area contributed by atoms with Crippen LogP contribution in [-0.2, 0) is 0 Å². The highest BCUT2D eigenvalue weighted by Crippen LogP contribution is 2.15. The van der Waals surface area contributed by atoms with Crippen LogP contribution in [0.5, 0.6) is 0 Å². The predicted molar refractivity (Wildman–Crippen MR) is 51.9 cm³/mol. The highest BCUT2D eigenvalue weighted by atomic mass is 16.3. The molecule has 0 amide bonds. The molecule has 0 heterocycles. The molecular formula is C11H14O2. The number of hydrogen-bond acceptors (Lipinski definition) is 2. The molecule has 0 radical (unpaired) electrons. The number of benzene rings is 1. The molecule has 2 nitrogen and oxygen atoms in total. The first kappa shape index (κ1) is 9.93. The molecular weight excluding hydrogens is 164 g/mol. The third-order valence-corrected chi connectivity index (χ3v) is 2.02. The molecule has 0 unspecified atom stereocenters. The van der Waals surface area contributed by atoms with Gasteiger partial charge in [-0.15, -0.1) is 0 Å². The first-order valence-electron chi connectivity index (χ1n) is 4.39. The summed E-state index contributed by atoms with van der Waals surface area (Å²) in [6, 6.07) is 7.39. The zero-order valence-corrected chi connectivity index (χ0v) is 7.95. The zero-order chi connectivity index (χ0) is 9.84. The number of hydrogen-bond donors (Lipinski definition) is 1. The van der Waals surface area contributed by atoms with Gasteiger partial charge in [-0.2, -0.15) is 0 Å². The van der Waals surface area contributed by atoms with Crippen molar-refractivity contribution in [2.75, 3.05) is 6.61 Å². The summed E-state index contributed by atoms with van der Waals surface area (Å²) < 4.78 is 0. The largest absolute Gasteiger partial charge is 0.388 e. The van der Waals surface area contributed by atoms with Gasteiger partial charge in [0.15, 0.2) is 5.78 Å². The van der Waals surface area contributed by atoms with Crippen LogP contribution in [0.1, 0.15) is 35.7 Å². The molecule has 13 heavy (non-hydrogen) atoms. The Bertz CT molecular complexity index is 303. The lowest BCUT2D eigenvalue weighted by atomic mass is 9.99. The number of carbonyl (C=O) groups excluding carboxylic acids is 1. The lowest BCUT2D eigenvalue weighted by molar-refractivity contribution is 0.0903. The van der Waals surface area contributed by atoms with Gasteiger partial charge in [0.1, 0.15) is 6.61 Å². The molecule has 0 aliphatic heterocycles. The Morgan fingerprint density at radius 3 is 2.69 bits per heavy atom. The van der Waals surface area contributed by atoms with E-state index in [0.29, 0.717) is 11.5 Å². The van der Waals surface area contributed by atoms with Gasteiger partial charge in [0.2, 0.25) is 0 Å². The van der Waals surface area contributed by atoms with E-state index in [4.69, 9.17) is 5.11 Å². The van der Waals surface area contributed by atoms with Crippen LogP contribution < -0.4 is 0 Å². The minimum Gasteiger partial charge on any atom is -0.388 e. The third-order valence-electron chi connectivity index (χ3n) is 2.02. The summed E-state index contributed by atoms with van der Waals surface area (Å²) in [5.74, 6) is 0.189. The van der Waals surface area contributed by atoms with Gasteiger partial charge >= 0.3 is 0 Å². The highest BCUT2D eigenvalue weighted by molar-refractivity contribution is 5.97. The second-order valence-electron chi connectivity index (χ2n) is 3.36.